The highest BCUT2D eigenvalue weighted by Crippen LogP contribution is 2.58. The molecule has 9 rings (SSSR count). The Hall–Kier alpha value is -8.83. The van der Waals surface area contributed by atoms with Gasteiger partial charge in [0.2, 0.25) is 11.8 Å². The molecule has 90 heavy (non-hydrogen) atoms. The number of hydrogen-bond acceptors (Lipinski definition) is 16. The highest BCUT2D eigenvalue weighted by Gasteiger charge is 2.60. The number of esters is 1. The fourth-order valence-corrected chi connectivity index (χ4v) is 12.6. The quantitative estimate of drug-likeness (QED) is 0.0152. The maximum atomic E-state index is 15.2. The molecule has 4 heterocycles. The van der Waals surface area contributed by atoms with Crippen LogP contribution in [0.1, 0.15) is 111 Å². The summed E-state index contributed by atoms with van der Waals surface area (Å²) in [6, 6.07) is 16.0. The predicted octanol–water partition coefficient (Wildman–Crippen LogP) is 10.2. The summed E-state index contributed by atoms with van der Waals surface area (Å²) in [5, 5.41) is 20.9. The molecule has 22 nitrogen and oxygen atoms in total. The highest BCUT2D eigenvalue weighted by atomic mass is 28.4. The molecule has 5 aliphatic rings. The average molecular weight is 1250 g/mol. The van der Waals surface area contributed by atoms with Crippen LogP contribution in [0, 0.1) is 18.3 Å². The molecule has 0 aromatic heterocycles. The van der Waals surface area contributed by atoms with Gasteiger partial charge in [0.15, 0.2) is 26.0 Å². The van der Waals surface area contributed by atoms with Gasteiger partial charge in [0.1, 0.15) is 49.4 Å². The third kappa shape index (κ3) is 14.4. The molecular formula is C67H83N7O15Si. The molecule has 4 aliphatic heterocycles. The van der Waals surface area contributed by atoms with Crippen molar-refractivity contribution in [2.45, 2.75) is 142 Å². The van der Waals surface area contributed by atoms with Crippen LogP contribution in [0.5, 0.6) is 23.0 Å². The Balaban J connectivity index is 0.916. The van der Waals surface area contributed by atoms with E-state index >= 15 is 9.59 Å². The summed E-state index contributed by atoms with van der Waals surface area (Å²) < 4.78 is 42.6. The summed E-state index contributed by atoms with van der Waals surface area (Å²) >= 11 is 0. The molecule has 1 aliphatic carbocycles. The van der Waals surface area contributed by atoms with Crippen LogP contribution in [-0.4, -0.2) is 142 Å². The number of phenols is 1. The van der Waals surface area contributed by atoms with Crippen molar-refractivity contribution in [1.82, 2.24) is 20.4 Å². The Kier molecular flexibility index (Phi) is 19.8. The average Bonchev–Trinajstić information content (AvgIpc) is 1.57. The SMILES string of the molecule is C=CCOC(=O)N[C@H](C(=O)N[C@@H](C)C(=O)Nc1ccc(COC(=O)N2c3cc(OCCCOc4cc5c(cc4OC)C(=O)N4C=C(c6ccc(O)cc6)C[C@H]4C(C(=O)OCC=C)N5)c(C)cc3C(=O)N3CC4(CC4)C[C@H]3C2O[Si](C)(C)C(C)(C)C)cc1)C(C)C. The molecule has 1 saturated heterocycles. The molecule has 1 saturated carbocycles. The summed E-state index contributed by atoms with van der Waals surface area (Å²) in [5.74, 6) is -1.44. The van der Waals surface area contributed by atoms with Crippen molar-refractivity contribution in [3.05, 3.63) is 132 Å². The predicted molar refractivity (Wildman–Crippen MR) is 341 cm³/mol. The molecule has 6 atom stereocenters. The van der Waals surface area contributed by atoms with Crippen LogP contribution in [-0.2, 0) is 39.6 Å². The van der Waals surface area contributed by atoms with Gasteiger partial charge in [-0.2, -0.15) is 0 Å². The van der Waals surface area contributed by atoms with E-state index < -0.39 is 74.7 Å². The third-order valence-corrected chi connectivity index (χ3v) is 22.1. The number of fused-ring (bicyclic) bond motifs is 4. The zero-order chi connectivity index (χ0) is 65.0. The zero-order valence-electron chi connectivity index (χ0n) is 52.9. The van der Waals surface area contributed by atoms with Crippen molar-refractivity contribution in [2.75, 3.05) is 55.6 Å². The number of anilines is 3. The van der Waals surface area contributed by atoms with E-state index in [-0.39, 0.29) is 84.0 Å². The number of hydrogen-bond donors (Lipinski definition) is 5. The van der Waals surface area contributed by atoms with Gasteiger partial charge in [-0.3, -0.25) is 19.2 Å². The smallest absolute Gasteiger partial charge is 0.416 e. The minimum absolute atomic E-state index is 0.0308. The van der Waals surface area contributed by atoms with Crippen molar-refractivity contribution < 1.29 is 71.5 Å². The Morgan fingerprint density at radius 3 is 2.14 bits per heavy atom. The number of phenolic OH excluding ortho intramolecular Hbond substituents is 1. The Morgan fingerprint density at radius 2 is 1.50 bits per heavy atom. The fourth-order valence-electron chi connectivity index (χ4n) is 11.3. The Bertz CT molecular complexity index is 3450. The molecule has 5 N–H and O–H groups in total. The lowest BCUT2D eigenvalue weighted by molar-refractivity contribution is -0.144. The number of benzene rings is 4. The van der Waals surface area contributed by atoms with Gasteiger partial charge in [0.25, 0.3) is 11.8 Å². The summed E-state index contributed by atoms with van der Waals surface area (Å²) in [7, 11) is -1.23. The van der Waals surface area contributed by atoms with Crippen molar-refractivity contribution in [3.8, 4) is 23.0 Å². The lowest BCUT2D eigenvalue weighted by Gasteiger charge is -2.44. The molecule has 0 bridgehead atoms. The second-order valence-electron chi connectivity index (χ2n) is 25.5. The van der Waals surface area contributed by atoms with E-state index in [0.29, 0.717) is 65.4 Å². The molecule has 23 heteroatoms. The molecule has 4 aromatic carbocycles. The van der Waals surface area contributed by atoms with E-state index in [4.69, 9.17) is 32.8 Å². The number of methoxy groups -OCH3 is 1. The Labute approximate surface area is 526 Å². The zero-order valence-corrected chi connectivity index (χ0v) is 53.9. The van der Waals surface area contributed by atoms with E-state index in [1.807, 2.05) is 11.8 Å². The third-order valence-electron chi connectivity index (χ3n) is 17.6. The van der Waals surface area contributed by atoms with Crippen molar-refractivity contribution >= 4 is 72.7 Å². The number of carbonyl (C=O) groups excluding carboxylic acids is 7. The van der Waals surface area contributed by atoms with Gasteiger partial charge in [-0.1, -0.05) is 84.2 Å². The number of nitrogens with one attached hydrogen (secondary N) is 4. The molecule has 480 valence electrons. The van der Waals surface area contributed by atoms with E-state index in [9.17, 15) is 29.1 Å². The van der Waals surface area contributed by atoms with Gasteiger partial charge in [0.05, 0.1) is 54.9 Å². The summed E-state index contributed by atoms with van der Waals surface area (Å²) in [5.41, 5.74) is 4.38. The largest absolute Gasteiger partial charge is 0.508 e. The van der Waals surface area contributed by atoms with Gasteiger partial charge in [0, 0.05) is 37.0 Å². The van der Waals surface area contributed by atoms with E-state index in [2.05, 4.69) is 68.3 Å². The maximum Gasteiger partial charge on any atom is 0.416 e. The maximum absolute atomic E-state index is 15.2. The number of carbonyl (C=O) groups is 7. The lowest BCUT2D eigenvalue weighted by Crippen LogP contribution is -2.58. The van der Waals surface area contributed by atoms with Gasteiger partial charge in [-0.15, -0.1) is 0 Å². The minimum atomic E-state index is -2.70. The van der Waals surface area contributed by atoms with Gasteiger partial charge >= 0.3 is 18.2 Å². The standard InChI is InChI=1S/C67H83N7O15Si/c1-13-26-86-63(80)57-51-31-44(43-18-22-46(75)23-19-43)36-72(51)60(78)47-32-54(83-10)55(33-49(47)70-57)85-29-15-28-84-53-34-50-48(30-40(53)5)61(79)73-38-67(24-25-67)35-52(73)62(89-90(11,12)66(7,8)9)74(50)65(82)88-37-42-16-20-45(21-17-42)69-58(76)41(6)68-59(77)56(39(3)4)71-64(81)87-27-14-2/h13-14,16-23,30,32-34,36,39,41,51-52,56-57,62,70,75H,1-2,15,24-29,31,35,37-38H2,3-12H3,(H,68,77)(H,69,76)(H,71,81)/t41-,51-,52-,56-,57?,62?/m0/s1. The first-order valence-corrected chi connectivity index (χ1v) is 33.3. The van der Waals surface area contributed by atoms with Gasteiger partial charge in [-0.05, 0) is 128 Å². The molecule has 6 amide bonds. The number of alkyl carbamates (subject to hydrolysis) is 1. The number of nitrogens with zero attached hydrogens (tertiary/aromatic N) is 3. The van der Waals surface area contributed by atoms with Crippen LogP contribution in [0.4, 0.5) is 26.7 Å². The second kappa shape index (κ2) is 27.1. The lowest BCUT2D eigenvalue weighted by atomic mass is 9.98. The first-order valence-electron chi connectivity index (χ1n) is 30.4. The molecule has 4 aromatic rings. The first kappa shape index (κ1) is 65.6. The van der Waals surface area contributed by atoms with Crippen LogP contribution in [0.2, 0.25) is 18.1 Å². The highest BCUT2D eigenvalue weighted by molar-refractivity contribution is 6.74. The van der Waals surface area contributed by atoms with Crippen LogP contribution >= 0.6 is 0 Å². The second-order valence-corrected chi connectivity index (χ2v) is 30.3. The van der Waals surface area contributed by atoms with E-state index in [0.717, 1.165) is 24.0 Å². The van der Waals surface area contributed by atoms with Crippen LogP contribution < -0.4 is 40.4 Å². The first-order chi connectivity index (χ1) is 42.7. The van der Waals surface area contributed by atoms with Gasteiger partial charge in [-0.25, -0.2) is 19.3 Å². The monoisotopic (exact) mass is 1250 g/mol. The van der Waals surface area contributed by atoms with E-state index in [1.54, 1.807) is 92.8 Å². The fraction of sp³-hybridized carbons (Fsp3) is 0.448. The minimum Gasteiger partial charge on any atom is -0.508 e. The Morgan fingerprint density at radius 1 is 0.822 bits per heavy atom. The molecule has 0 radical (unpaired) electrons. The van der Waals surface area contributed by atoms with E-state index in [1.165, 1.54) is 36.0 Å². The summed E-state index contributed by atoms with van der Waals surface area (Å²) in [6.45, 7) is 25.2. The topological polar surface area (TPSA) is 262 Å². The van der Waals surface area contributed by atoms with Crippen LogP contribution in [0.3, 0.4) is 0 Å². The summed E-state index contributed by atoms with van der Waals surface area (Å²) in [6.07, 6.45) is 5.41. The normalized spacial score (nSPS) is 19.5. The number of ether oxygens (including phenoxy) is 6. The van der Waals surface area contributed by atoms with Crippen molar-refractivity contribution in [3.63, 3.8) is 0 Å². The van der Waals surface area contributed by atoms with Gasteiger partial charge < -0.3 is 69.0 Å². The van der Waals surface area contributed by atoms with Crippen LogP contribution in [0.15, 0.2) is 104 Å². The molecular weight excluding hydrogens is 1170 g/mol. The molecule has 1 spiro atoms. The van der Waals surface area contributed by atoms with Crippen LogP contribution in [0.25, 0.3) is 5.57 Å². The van der Waals surface area contributed by atoms with Crippen molar-refractivity contribution in [1.29, 1.82) is 0 Å². The molecule has 2 unspecified atom stereocenters. The number of rotatable bonds is 23. The van der Waals surface area contributed by atoms with Crippen molar-refractivity contribution in [2.24, 2.45) is 11.3 Å². The number of aryl methyl sites for hydroxylation is 1. The number of amides is 6. The molecule has 2 fully saturated rings. The summed E-state index contributed by atoms with van der Waals surface area (Å²) in [4.78, 5) is 102. The number of aromatic hydroxyl groups is 1.